The van der Waals surface area contributed by atoms with E-state index >= 15 is 0 Å². The van der Waals surface area contributed by atoms with Crippen molar-refractivity contribution in [1.29, 1.82) is 0 Å². The van der Waals surface area contributed by atoms with Gasteiger partial charge in [0.25, 0.3) is 5.56 Å². The van der Waals surface area contributed by atoms with Gasteiger partial charge in [-0.1, -0.05) is 48.9 Å². The first kappa shape index (κ1) is 21.9. The molecule has 0 fully saturated rings. The van der Waals surface area contributed by atoms with Crippen LogP contribution in [0.15, 0.2) is 29.1 Å². The molecule has 9 heteroatoms. The fraction of sp³-hybridized carbons (Fsp3) is 0.375. The molecular formula is C24H25N5O2S2. The molecule has 0 saturated carbocycles. The van der Waals surface area contributed by atoms with E-state index in [9.17, 15) is 9.59 Å². The third-order valence-corrected chi connectivity index (χ3v) is 8.16. The van der Waals surface area contributed by atoms with Gasteiger partial charge in [0.15, 0.2) is 0 Å². The summed E-state index contributed by atoms with van der Waals surface area (Å²) in [7, 11) is 0. The molecule has 1 aromatic carbocycles. The number of hydrogen-bond donors (Lipinski definition) is 1. The Labute approximate surface area is 199 Å². The van der Waals surface area contributed by atoms with Crippen LogP contribution < -0.4 is 10.9 Å². The van der Waals surface area contributed by atoms with Gasteiger partial charge in [-0.05, 0) is 44.2 Å². The van der Waals surface area contributed by atoms with E-state index in [2.05, 4.69) is 15.5 Å². The topological polar surface area (TPSA) is 89.8 Å². The number of benzene rings is 1. The second-order valence-corrected chi connectivity index (χ2v) is 10.8. The zero-order valence-corrected chi connectivity index (χ0v) is 20.5. The summed E-state index contributed by atoms with van der Waals surface area (Å²) in [4.78, 5) is 33.7. The Morgan fingerprint density at radius 1 is 1.18 bits per heavy atom. The minimum atomic E-state index is -0.317. The van der Waals surface area contributed by atoms with Crippen molar-refractivity contribution >= 4 is 43.9 Å². The number of rotatable bonds is 5. The van der Waals surface area contributed by atoms with Crippen LogP contribution in [0.3, 0.4) is 0 Å². The zero-order chi connectivity index (χ0) is 23.1. The first-order valence-corrected chi connectivity index (χ1v) is 12.8. The molecule has 0 atom stereocenters. The Kier molecular flexibility index (Phi) is 5.84. The van der Waals surface area contributed by atoms with Crippen molar-refractivity contribution in [3.8, 4) is 11.4 Å². The average Bonchev–Trinajstić information content (AvgIpc) is 3.40. The predicted molar refractivity (Wildman–Crippen MR) is 133 cm³/mol. The van der Waals surface area contributed by atoms with E-state index in [-0.39, 0.29) is 23.9 Å². The Balaban J connectivity index is 1.59. The number of anilines is 1. The highest BCUT2D eigenvalue weighted by atomic mass is 32.1. The van der Waals surface area contributed by atoms with E-state index in [1.807, 2.05) is 45.0 Å². The molecule has 1 aliphatic rings. The van der Waals surface area contributed by atoms with Crippen LogP contribution in [0.5, 0.6) is 0 Å². The van der Waals surface area contributed by atoms with Crippen molar-refractivity contribution in [2.75, 3.05) is 5.32 Å². The molecule has 3 aromatic heterocycles. The zero-order valence-electron chi connectivity index (χ0n) is 18.8. The minimum Gasteiger partial charge on any atom is -0.299 e. The van der Waals surface area contributed by atoms with E-state index in [0.29, 0.717) is 16.3 Å². The van der Waals surface area contributed by atoms with Crippen molar-refractivity contribution in [3.63, 3.8) is 0 Å². The lowest BCUT2D eigenvalue weighted by Gasteiger charge is -2.14. The standard InChI is InChI=1S/C24H25N5O2S2/c1-13(2)21-27-28-24(33-21)25-18(30)12-29-20(15-8-6-7-14(3)11-15)26-22-19(23(29)31)16-9-4-5-10-17(16)32-22/h6-8,11,13H,4-5,9-10,12H2,1-3H3,(H,25,28,30). The van der Waals surface area contributed by atoms with Crippen LogP contribution >= 0.6 is 22.7 Å². The summed E-state index contributed by atoms with van der Waals surface area (Å²) in [6.07, 6.45) is 4.10. The summed E-state index contributed by atoms with van der Waals surface area (Å²) in [5.41, 5.74) is 2.87. The molecule has 1 aliphatic carbocycles. The maximum atomic E-state index is 13.7. The van der Waals surface area contributed by atoms with Crippen molar-refractivity contribution < 1.29 is 4.79 Å². The van der Waals surface area contributed by atoms with Crippen molar-refractivity contribution in [2.24, 2.45) is 0 Å². The number of carbonyl (C=O) groups excluding carboxylic acids is 1. The number of thiophene rings is 1. The second-order valence-electron chi connectivity index (χ2n) is 8.74. The van der Waals surface area contributed by atoms with Crippen molar-refractivity contribution in [2.45, 2.75) is 58.9 Å². The number of carbonyl (C=O) groups is 1. The third kappa shape index (κ3) is 4.22. The average molecular weight is 480 g/mol. The lowest BCUT2D eigenvalue weighted by Crippen LogP contribution is -2.30. The van der Waals surface area contributed by atoms with Gasteiger partial charge in [-0.3, -0.25) is 19.5 Å². The molecule has 3 heterocycles. The van der Waals surface area contributed by atoms with Crippen LogP contribution in [-0.2, 0) is 24.2 Å². The lowest BCUT2D eigenvalue weighted by molar-refractivity contribution is -0.116. The molecule has 0 bridgehead atoms. The highest BCUT2D eigenvalue weighted by Gasteiger charge is 2.24. The minimum absolute atomic E-state index is 0.133. The predicted octanol–water partition coefficient (Wildman–Crippen LogP) is 4.93. The van der Waals surface area contributed by atoms with E-state index in [1.165, 1.54) is 20.8 Å². The normalized spacial score (nSPS) is 13.5. The van der Waals surface area contributed by atoms with Crippen LogP contribution in [0.25, 0.3) is 21.6 Å². The Morgan fingerprint density at radius 3 is 2.76 bits per heavy atom. The number of aryl methyl sites for hydroxylation is 3. The highest BCUT2D eigenvalue weighted by Crippen LogP contribution is 2.35. The van der Waals surface area contributed by atoms with Crippen molar-refractivity contribution in [1.82, 2.24) is 19.7 Å². The number of nitrogens with zero attached hydrogens (tertiary/aromatic N) is 4. The third-order valence-electron chi connectivity index (χ3n) is 5.83. The van der Waals surface area contributed by atoms with Crippen LogP contribution in [0.4, 0.5) is 5.13 Å². The van der Waals surface area contributed by atoms with Gasteiger partial charge in [0, 0.05) is 16.4 Å². The van der Waals surface area contributed by atoms with E-state index in [0.717, 1.165) is 52.2 Å². The second kappa shape index (κ2) is 8.79. The number of fused-ring (bicyclic) bond motifs is 3. The lowest BCUT2D eigenvalue weighted by atomic mass is 9.97. The quantitative estimate of drug-likeness (QED) is 0.439. The summed E-state index contributed by atoms with van der Waals surface area (Å²) < 4.78 is 1.51. The summed E-state index contributed by atoms with van der Waals surface area (Å²) in [5, 5.41) is 13.0. The largest absolute Gasteiger partial charge is 0.299 e. The number of hydrogen-bond acceptors (Lipinski definition) is 7. The molecular weight excluding hydrogens is 454 g/mol. The Morgan fingerprint density at radius 2 is 2.00 bits per heavy atom. The van der Waals surface area contributed by atoms with Gasteiger partial charge in [0.05, 0.1) is 5.39 Å². The fourth-order valence-corrected chi connectivity index (χ4v) is 6.22. The fourth-order valence-electron chi connectivity index (χ4n) is 4.21. The smallest absolute Gasteiger partial charge is 0.263 e. The molecule has 5 rings (SSSR count). The molecule has 33 heavy (non-hydrogen) atoms. The van der Waals surface area contributed by atoms with Crippen LogP contribution in [0.2, 0.25) is 0 Å². The van der Waals surface area contributed by atoms with E-state index < -0.39 is 0 Å². The molecule has 0 saturated heterocycles. The van der Waals surface area contributed by atoms with Crippen LogP contribution in [0, 0.1) is 6.92 Å². The monoisotopic (exact) mass is 479 g/mol. The maximum Gasteiger partial charge on any atom is 0.263 e. The first-order chi connectivity index (χ1) is 15.9. The van der Waals surface area contributed by atoms with Gasteiger partial charge in [-0.15, -0.1) is 21.5 Å². The van der Waals surface area contributed by atoms with Gasteiger partial charge in [-0.2, -0.15) is 0 Å². The van der Waals surface area contributed by atoms with E-state index in [1.54, 1.807) is 11.3 Å². The van der Waals surface area contributed by atoms with Crippen molar-refractivity contribution in [3.05, 3.63) is 55.6 Å². The van der Waals surface area contributed by atoms with Gasteiger partial charge in [0.1, 0.15) is 22.2 Å². The summed E-state index contributed by atoms with van der Waals surface area (Å²) in [5.74, 6) is 0.438. The molecule has 4 aromatic rings. The van der Waals surface area contributed by atoms with E-state index in [4.69, 9.17) is 4.98 Å². The molecule has 0 aliphatic heterocycles. The van der Waals surface area contributed by atoms with Crippen LogP contribution in [-0.4, -0.2) is 25.7 Å². The summed E-state index contributed by atoms with van der Waals surface area (Å²) in [6, 6.07) is 7.87. The van der Waals surface area contributed by atoms with Gasteiger partial charge in [-0.25, -0.2) is 4.98 Å². The number of nitrogens with one attached hydrogen (secondary N) is 1. The first-order valence-electron chi connectivity index (χ1n) is 11.2. The number of amides is 1. The molecule has 1 N–H and O–H groups in total. The molecule has 170 valence electrons. The maximum absolute atomic E-state index is 13.7. The van der Waals surface area contributed by atoms with Gasteiger partial charge in [0.2, 0.25) is 11.0 Å². The molecule has 7 nitrogen and oxygen atoms in total. The molecule has 0 spiro atoms. The number of aromatic nitrogens is 4. The van der Waals surface area contributed by atoms with Gasteiger partial charge >= 0.3 is 0 Å². The Hall–Kier alpha value is -2.91. The SMILES string of the molecule is Cc1cccc(-c2nc3sc4c(c3c(=O)n2CC(=O)Nc2nnc(C(C)C)s2)CCCC4)c1. The highest BCUT2D eigenvalue weighted by molar-refractivity contribution is 7.18. The summed E-state index contributed by atoms with van der Waals surface area (Å²) >= 11 is 2.97. The molecule has 0 unspecified atom stereocenters. The molecule has 0 radical (unpaired) electrons. The Bertz CT molecular complexity index is 1420. The molecule has 1 amide bonds. The summed E-state index contributed by atoms with van der Waals surface area (Å²) in [6.45, 7) is 5.93. The van der Waals surface area contributed by atoms with Crippen LogP contribution in [0.1, 0.15) is 53.6 Å². The van der Waals surface area contributed by atoms with Gasteiger partial charge < -0.3 is 0 Å².